The molecule has 1 N–H and O–H groups in total. The molecular weight excluding hydrogens is 204 g/mol. The summed E-state index contributed by atoms with van der Waals surface area (Å²) in [5, 5.41) is 10.9. The normalized spacial score (nSPS) is 20.9. The fraction of sp³-hybridized carbons (Fsp3) is 0.727. The third kappa shape index (κ3) is 2.66. The smallest absolute Gasteiger partial charge is 0.182 e. The van der Waals surface area contributed by atoms with Gasteiger partial charge in [0.1, 0.15) is 5.69 Å². The number of nitrogens with one attached hydrogen (secondary N) is 1. The molecule has 5 nitrogen and oxygen atoms in total. The fourth-order valence-electron chi connectivity index (χ4n) is 2.15. The van der Waals surface area contributed by atoms with Crippen LogP contribution in [-0.2, 0) is 7.05 Å². The standard InChI is InChI=1S/C11H18N4O/c1-15-10(8-13-14-15)11(16)6-5-9-4-2-3-7-12-9/h8-9,12H,2-7H2,1H3. The number of ketones is 1. The van der Waals surface area contributed by atoms with E-state index in [4.69, 9.17) is 0 Å². The molecule has 1 atom stereocenters. The summed E-state index contributed by atoms with van der Waals surface area (Å²) < 4.78 is 1.54. The molecule has 88 valence electrons. The van der Waals surface area contributed by atoms with Gasteiger partial charge in [0.15, 0.2) is 5.78 Å². The van der Waals surface area contributed by atoms with Crippen molar-refractivity contribution in [2.24, 2.45) is 7.05 Å². The number of carbonyl (C=O) groups excluding carboxylic acids is 1. The average Bonchev–Trinajstić information content (AvgIpc) is 2.74. The Morgan fingerprint density at radius 1 is 1.62 bits per heavy atom. The third-order valence-electron chi connectivity index (χ3n) is 3.13. The molecule has 0 radical (unpaired) electrons. The van der Waals surface area contributed by atoms with Crippen molar-refractivity contribution in [2.75, 3.05) is 6.54 Å². The number of hydrogen-bond donors (Lipinski definition) is 1. The minimum Gasteiger partial charge on any atom is -0.314 e. The zero-order chi connectivity index (χ0) is 11.4. The van der Waals surface area contributed by atoms with E-state index in [9.17, 15) is 4.79 Å². The van der Waals surface area contributed by atoms with Crippen molar-refractivity contribution in [1.82, 2.24) is 20.3 Å². The van der Waals surface area contributed by atoms with Gasteiger partial charge in [-0.1, -0.05) is 11.6 Å². The summed E-state index contributed by atoms with van der Waals surface area (Å²) in [6, 6.07) is 0.513. The molecule has 0 spiro atoms. The Balaban J connectivity index is 1.81. The Bertz CT molecular complexity index is 355. The maximum Gasteiger partial charge on any atom is 0.182 e. The first-order valence-corrected chi connectivity index (χ1v) is 5.88. The van der Waals surface area contributed by atoms with Crippen LogP contribution >= 0.6 is 0 Å². The molecule has 1 fully saturated rings. The number of hydrogen-bond acceptors (Lipinski definition) is 4. The second-order valence-corrected chi connectivity index (χ2v) is 4.35. The van der Waals surface area contributed by atoms with Gasteiger partial charge in [-0.2, -0.15) is 0 Å². The highest BCUT2D eigenvalue weighted by Crippen LogP contribution is 2.13. The number of rotatable bonds is 4. The predicted octanol–water partition coefficient (Wildman–Crippen LogP) is 0.920. The van der Waals surface area contributed by atoms with Gasteiger partial charge < -0.3 is 5.32 Å². The number of aryl methyl sites for hydroxylation is 1. The van der Waals surface area contributed by atoms with Crippen molar-refractivity contribution in [3.05, 3.63) is 11.9 Å². The van der Waals surface area contributed by atoms with Crippen LogP contribution in [-0.4, -0.2) is 33.4 Å². The molecule has 16 heavy (non-hydrogen) atoms. The van der Waals surface area contributed by atoms with E-state index in [1.54, 1.807) is 7.05 Å². The number of carbonyl (C=O) groups is 1. The molecule has 5 heteroatoms. The summed E-state index contributed by atoms with van der Waals surface area (Å²) in [6.07, 6.45) is 6.77. The van der Waals surface area contributed by atoms with Gasteiger partial charge >= 0.3 is 0 Å². The highest BCUT2D eigenvalue weighted by atomic mass is 16.1. The Hall–Kier alpha value is -1.23. The summed E-state index contributed by atoms with van der Waals surface area (Å²) >= 11 is 0. The lowest BCUT2D eigenvalue weighted by atomic mass is 9.99. The third-order valence-corrected chi connectivity index (χ3v) is 3.13. The van der Waals surface area contributed by atoms with Gasteiger partial charge in [0.2, 0.25) is 0 Å². The maximum atomic E-state index is 11.8. The molecule has 1 aliphatic heterocycles. The summed E-state index contributed by atoms with van der Waals surface area (Å²) in [4.78, 5) is 11.8. The minimum absolute atomic E-state index is 0.139. The molecule has 0 saturated carbocycles. The fourth-order valence-corrected chi connectivity index (χ4v) is 2.15. The van der Waals surface area contributed by atoms with Gasteiger partial charge in [-0.05, 0) is 25.8 Å². The molecule has 2 rings (SSSR count). The molecule has 1 aromatic heterocycles. The van der Waals surface area contributed by atoms with Crippen molar-refractivity contribution in [3.8, 4) is 0 Å². The second-order valence-electron chi connectivity index (χ2n) is 4.35. The number of aromatic nitrogens is 3. The average molecular weight is 222 g/mol. The molecule has 1 saturated heterocycles. The van der Waals surface area contributed by atoms with Crippen LogP contribution in [0.1, 0.15) is 42.6 Å². The molecule has 0 amide bonds. The van der Waals surface area contributed by atoms with Gasteiger partial charge in [-0.25, -0.2) is 4.68 Å². The largest absolute Gasteiger partial charge is 0.314 e. The van der Waals surface area contributed by atoms with E-state index in [1.807, 2.05) is 0 Å². The van der Waals surface area contributed by atoms with Crippen LogP contribution in [0.15, 0.2) is 6.20 Å². The molecule has 1 unspecified atom stereocenters. The van der Waals surface area contributed by atoms with Crippen molar-refractivity contribution in [1.29, 1.82) is 0 Å². The Morgan fingerprint density at radius 3 is 3.12 bits per heavy atom. The van der Waals surface area contributed by atoms with Crippen molar-refractivity contribution in [3.63, 3.8) is 0 Å². The summed E-state index contributed by atoms with van der Waals surface area (Å²) in [7, 11) is 1.75. The summed E-state index contributed by atoms with van der Waals surface area (Å²) in [5.41, 5.74) is 0.607. The number of Topliss-reactive ketones (excluding diaryl/α,β-unsaturated/α-hetero) is 1. The highest BCUT2D eigenvalue weighted by molar-refractivity contribution is 5.94. The van der Waals surface area contributed by atoms with Crippen LogP contribution < -0.4 is 5.32 Å². The summed E-state index contributed by atoms with van der Waals surface area (Å²) in [6.45, 7) is 1.09. The van der Waals surface area contributed by atoms with E-state index in [0.29, 0.717) is 18.2 Å². The van der Waals surface area contributed by atoms with Crippen LogP contribution in [0.3, 0.4) is 0 Å². The Morgan fingerprint density at radius 2 is 2.50 bits per heavy atom. The van der Waals surface area contributed by atoms with Crippen molar-refractivity contribution < 1.29 is 4.79 Å². The first-order chi connectivity index (χ1) is 7.77. The van der Waals surface area contributed by atoms with Gasteiger partial charge in [0.05, 0.1) is 6.20 Å². The zero-order valence-corrected chi connectivity index (χ0v) is 9.65. The Labute approximate surface area is 95.2 Å². The zero-order valence-electron chi connectivity index (χ0n) is 9.65. The van der Waals surface area contributed by atoms with Crippen LogP contribution in [0.2, 0.25) is 0 Å². The molecule has 1 aliphatic rings. The quantitative estimate of drug-likeness (QED) is 0.770. The van der Waals surface area contributed by atoms with E-state index in [0.717, 1.165) is 13.0 Å². The van der Waals surface area contributed by atoms with Crippen LogP contribution in [0.25, 0.3) is 0 Å². The van der Waals surface area contributed by atoms with Crippen LogP contribution in [0, 0.1) is 0 Å². The topological polar surface area (TPSA) is 59.8 Å². The van der Waals surface area contributed by atoms with Gasteiger partial charge in [0, 0.05) is 19.5 Å². The van der Waals surface area contributed by atoms with E-state index in [2.05, 4.69) is 15.6 Å². The first kappa shape index (κ1) is 11.3. The Kier molecular flexibility index (Phi) is 3.66. The SMILES string of the molecule is Cn1nncc1C(=O)CCC1CCCCN1. The predicted molar refractivity (Wildman–Crippen MR) is 60.2 cm³/mol. The van der Waals surface area contributed by atoms with Crippen LogP contribution in [0.4, 0.5) is 0 Å². The van der Waals surface area contributed by atoms with E-state index in [1.165, 1.54) is 30.1 Å². The monoisotopic (exact) mass is 222 g/mol. The summed E-state index contributed by atoms with van der Waals surface area (Å²) in [5.74, 6) is 0.139. The molecule has 1 aromatic rings. The lowest BCUT2D eigenvalue weighted by Crippen LogP contribution is -2.34. The molecule has 2 heterocycles. The maximum absolute atomic E-state index is 11.8. The van der Waals surface area contributed by atoms with Gasteiger partial charge in [-0.3, -0.25) is 4.79 Å². The molecule has 0 aliphatic carbocycles. The second kappa shape index (κ2) is 5.21. The van der Waals surface area contributed by atoms with E-state index >= 15 is 0 Å². The lowest BCUT2D eigenvalue weighted by Gasteiger charge is -2.22. The molecular formula is C11H18N4O. The first-order valence-electron chi connectivity index (χ1n) is 5.88. The van der Waals surface area contributed by atoms with Crippen molar-refractivity contribution in [2.45, 2.75) is 38.1 Å². The number of nitrogens with zero attached hydrogens (tertiary/aromatic N) is 3. The highest BCUT2D eigenvalue weighted by Gasteiger charge is 2.16. The van der Waals surface area contributed by atoms with E-state index < -0.39 is 0 Å². The lowest BCUT2D eigenvalue weighted by molar-refractivity contribution is 0.0965. The molecule has 0 bridgehead atoms. The van der Waals surface area contributed by atoms with Crippen molar-refractivity contribution >= 4 is 5.78 Å². The van der Waals surface area contributed by atoms with E-state index in [-0.39, 0.29) is 5.78 Å². The van der Waals surface area contributed by atoms with Gasteiger partial charge in [-0.15, -0.1) is 5.10 Å². The molecule has 0 aromatic carbocycles. The number of piperidine rings is 1. The van der Waals surface area contributed by atoms with Crippen LogP contribution in [0.5, 0.6) is 0 Å². The minimum atomic E-state index is 0.139. The van der Waals surface area contributed by atoms with Gasteiger partial charge in [0.25, 0.3) is 0 Å².